The molecule has 3 nitrogen and oxygen atoms in total. The number of rotatable bonds is 8. The molecule has 0 radical (unpaired) electrons. The highest BCUT2D eigenvalue weighted by atomic mass is 16.5. The Labute approximate surface area is 151 Å². The molecule has 0 aliphatic carbocycles. The lowest BCUT2D eigenvalue weighted by Crippen LogP contribution is -2.18. The summed E-state index contributed by atoms with van der Waals surface area (Å²) in [6.45, 7) is 4.52. The largest absolute Gasteiger partial charge is 0.426 e. The zero-order valence-electron chi connectivity index (χ0n) is 15.4. The molecule has 2 aromatic rings. The Morgan fingerprint density at radius 2 is 1.52 bits per heavy atom. The standard InChI is InChI=1S/C16H16O2.C6H14O/c1-2-15(13-9-5-3-6-10-13)16(17)18-14-11-7-4-8-12-14;1-2-3-4-5-6-7/h3-12,15H,2H2,1H3;7H,2-6H2,1H3. The Hall–Kier alpha value is -2.13. The van der Waals surface area contributed by atoms with Crippen LogP contribution in [-0.4, -0.2) is 17.7 Å². The van der Waals surface area contributed by atoms with E-state index in [0.29, 0.717) is 12.4 Å². The number of benzene rings is 2. The van der Waals surface area contributed by atoms with Gasteiger partial charge in [0.25, 0.3) is 0 Å². The van der Waals surface area contributed by atoms with Crippen molar-refractivity contribution in [3.8, 4) is 5.75 Å². The summed E-state index contributed by atoms with van der Waals surface area (Å²) < 4.78 is 5.38. The van der Waals surface area contributed by atoms with Crippen molar-refractivity contribution >= 4 is 5.97 Å². The summed E-state index contributed by atoms with van der Waals surface area (Å²) in [5, 5.41) is 8.29. The zero-order valence-corrected chi connectivity index (χ0v) is 15.4. The number of hydrogen-bond donors (Lipinski definition) is 1. The topological polar surface area (TPSA) is 46.5 Å². The van der Waals surface area contributed by atoms with Crippen LogP contribution < -0.4 is 4.74 Å². The van der Waals surface area contributed by atoms with E-state index in [2.05, 4.69) is 6.92 Å². The van der Waals surface area contributed by atoms with Crippen LogP contribution in [-0.2, 0) is 4.79 Å². The Bertz CT molecular complexity index is 562. The monoisotopic (exact) mass is 342 g/mol. The van der Waals surface area contributed by atoms with Crippen LogP contribution in [0.3, 0.4) is 0 Å². The molecule has 0 fully saturated rings. The molecule has 0 aliphatic rings. The average Bonchev–Trinajstić information content (AvgIpc) is 2.65. The molecule has 0 amide bonds. The Morgan fingerprint density at radius 3 is 2.04 bits per heavy atom. The third kappa shape index (κ3) is 8.50. The lowest BCUT2D eigenvalue weighted by Gasteiger charge is -2.14. The molecule has 0 aliphatic heterocycles. The van der Waals surface area contributed by atoms with Crippen LogP contribution in [0, 0.1) is 0 Å². The number of hydrogen-bond acceptors (Lipinski definition) is 3. The third-order valence-corrected chi connectivity index (χ3v) is 3.87. The van der Waals surface area contributed by atoms with Crippen molar-refractivity contribution in [1.29, 1.82) is 0 Å². The van der Waals surface area contributed by atoms with Crippen LogP contribution in [0.25, 0.3) is 0 Å². The summed E-state index contributed by atoms with van der Waals surface area (Å²) in [6, 6.07) is 18.9. The van der Waals surface area contributed by atoms with E-state index in [1.54, 1.807) is 12.1 Å². The number of unbranched alkanes of at least 4 members (excludes halogenated alkanes) is 3. The average molecular weight is 342 g/mol. The molecule has 2 aromatic carbocycles. The predicted octanol–water partition coefficient (Wildman–Crippen LogP) is 5.34. The molecule has 1 N–H and O–H groups in total. The molecule has 1 atom stereocenters. The van der Waals surface area contributed by atoms with Gasteiger partial charge in [-0.1, -0.05) is 81.6 Å². The second-order valence-electron chi connectivity index (χ2n) is 5.89. The van der Waals surface area contributed by atoms with Gasteiger partial charge in [0.1, 0.15) is 5.75 Å². The van der Waals surface area contributed by atoms with Crippen molar-refractivity contribution in [2.45, 2.75) is 51.9 Å². The molecule has 1 unspecified atom stereocenters. The number of esters is 1. The van der Waals surface area contributed by atoms with E-state index >= 15 is 0 Å². The minimum absolute atomic E-state index is 0.199. The summed E-state index contributed by atoms with van der Waals surface area (Å²) in [5.41, 5.74) is 1.00. The summed E-state index contributed by atoms with van der Waals surface area (Å²) in [4.78, 5) is 12.1. The summed E-state index contributed by atoms with van der Waals surface area (Å²) in [7, 11) is 0. The van der Waals surface area contributed by atoms with Gasteiger partial charge in [0.2, 0.25) is 0 Å². The molecule has 0 heterocycles. The van der Waals surface area contributed by atoms with Gasteiger partial charge in [-0.25, -0.2) is 0 Å². The maximum atomic E-state index is 12.1. The second-order valence-corrected chi connectivity index (χ2v) is 5.89. The summed E-state index contributed by atoms with van der Waals surface area (Å²) >= 11 is 0. The van der Waals surface area contributed by atoms with Crippen LogP contribution in [0.15, 0.2) is 60.7 Å². The first kappa shape index (κ1) is 20.9. The van der Waals surface area contributed by atoms with Crippen molar-refractivity contribution < 1.29 is 14.6 Å². The SMILES string of the molecule is CCC(C(=O)Oc1ccccc1)c1ccccc1.CCCCCCO. The number of ether oxygens (including phenoxy) is 1. The van der Waals surface area contributed by atoms with Crippen LogP contribution >= 0.6 is 0 Å². The fourth-order valence-corrected chi connectivity index (χ4v) is 2.44. The molecule has 25 heavy (non-hydrogen) atoms. The van der Waals surface area contributed by atoms with Gasteiger partial charge in [-0.05, 0) is 30.5 Å². The number of para-hydroxylation sites is 1. The zero-order chi connectivity index (χ0) is 18.3. The molecule has 2 rings (SSSR count). The first-order valence-electron chi connectivity index (χ1n) is 9.15. The maximum Gasteiger partial charge on any atom is 0.318 e. The van der Waals surface area contributed by atoms with Gasteiger partial charge in [-0.3, -0.25) is 4.79 Å². The number of carbonyl (C=O) groups excluding carboxylic acids is 1. The summed E-state index contributed by atoms with van der Waals surface area (Å²) in [5.74, 6) is 0.193. The molecular weight excluding hydrogens is 312 g/mol. The Kier molecular flexibility index (Phi) is 11.0. The molecule has 3 heteroatoms. The van der Waals surface area contributed by atoms with E-state index < -0.39 is 0 Å². The van der Waals surface area contributed by atoms with Crippen LogP contribution in [0.1, 0.15) is 57.4 Å². The molecule has 0 aromatic heterocycles. The van der Waals surface area contributed by atoms with Crippen molar-refractivity contribution in [1.82, 2.24) is 0 Å². The summed E-state index contributed by atoms with van der Waals surface area (Å²) in [6.07, 6.45) is 5.41. The van der Waals surface area contributed by atoms with E-state index in [4.69, 9.17) is 9.84 Å². The fraction of sp³-hybridized carbons (Fsp3) is 0.409. The van der Waals surface area contributed by atoms with E-state index in [1.165, 1.54) is 19.3 Å². The van der Waals surface area contributed by atoms with E-state index in [0.717, 1.165) is 18.4 Å². The van der Waals surface area contributed by atoms with Gasteiger partial charge >= 0.3 is 5.97 Å². The first-order valence-corrected chi connectivity index (χ1v) is 9.15. The highest BCUT2D eigenvalue weighted by Crippen LogP contribution is 2.22. The predicted molar refractivity (Wildman–Crippen MR) is 103 cm³/mol. The minimum atomic E-state index is -0.202. The number of aliphatic hydroxyl groups excluding tert-OH is 1. The molecule has 136 valence electrons. The molecule has 0 saturated heterocycles. The number of carbonyl (C=O) groups is 1. The Balaban J connectivity index is 0.000000381. The first-order chi connectivity index (χ1) is 12.2. The molecule has 0 bridgehead atoms. The molecular formula is C22H30O3. The fourth-order valence-electron chi connectivity index (χ4n) is 2.44. The third-order valence-electron chi connectivity index (χ3n) is 3.87. The van der Waals surface area contributed by atoms with Gasteiger partial charge in [0.05, 0.1) is 5.92 Å². The van der Waals surface area contributed by atoms with Crippen LogP contribution in [0.4, 0.5) is 0 Å². The Morgan fingerprint density at radius 1 is 0.920 bits per heavy atom. The maximum absolute atomic E-state index is 12.1. The molecule has 0 saturated carbocycles. The van der Waals surface area contributed by atoms with E-state index in [9.17, 15) is 4.79 Å². The highest BCUT2D eigenvalue weighted by molar-refractivity contribution is 5.80. The lowest BCUT2D eigenvalue weighted by molar-refractivity contribution is -0.136. The van der Waals surface area contributed by atoms with Crippen molar-refractivity contribution in [3.05, 3.63) is 66.2 Å². The quantitative estimate of drug-likeness (QED) is 0.400. The van der Waals surface area contributed by atoms with E-state index in [-0.39, 0.29) is 11.9 Å². The van der Waals surface area contributed by atoms with Gasteiger partial charge in [-0.2, -0.15) is 0 Å². The smallest absolute Gasteiger partial charge is 0.318 e. The van der Waals surface area contributed by atoms with Crippen LogP contribution in [0.2, 0.25) is 0 Å². The van der Waals surface area contributed by atoms with Gasteiger partial charge in [-0.15, -0.1) is 0 Å². The van der Waals surface area contributed by atoms with Gasteiger partial charge in [0, 0.05) is 6.61 Å². The lowest BCUT2D eigenvalue weighted by atomic mass is 9.97. The van der Waals surface area contributed by atoms with Crippen LogP contribution in [0.5, 0.6) is 5.75 Å². The van der Waals surface area contributed by atoms with E-state index in [1.807, 2.05) is 55.5 Å². The van der Waals surface area contributed by atoms with Crippen molar-refractivity contribution in [3.63, 3.8) is 0 Å². The van der Waals surface area contributed by atoms with Gasteiger partial charge < -0.3 is 9.84 Å². The van der Waals surface area contributed by atoms with Crippen molar-refractivity contribution in [2.24, 2.45) is 0 Å². The second kappa shape index (κ2) is 13.2. The van der Waals surface area contributed by atoms with Gasteiger partial charge in [0.15, 0.2) is 0 Å². The number of aliphatic hydroxyl groups is 1. The normalized spacial score (nSPS) is 11.2. The molecule has 0 spiro atoms. The highest BCUT2D eigenvalue weighted by Gasteiger charge is 2.20. The minimum Gasteiger partial charge on any atom is -0.426 e. The van der Waals surface area contributed by atoms with Crippen molar-refractivity contribution in [2.75, 3.05) is 6.61 Å².